The zero-order valence-electron chi connectivity index (χ0n) is 12.4. The van der Waals surface area contributed by atoms with E-state index >= 15 is 0 Å². The van der Waals surface area contributed by atoms with Gasteiger partial charge in [-0.1, -0.05) is 27.5 Å². The summed E-state index contributed by atoms with van der Waals surface area (Å²) < 4.78 is 1.02. The average Bonchev–Trinajstić information content (AvgIpc) is 2.96. The van der Waals surface area contributed by atoms with Crippen LogP contribution >= 0.6 is 27.5 Å². The molecule has 0 unspecified atom stereocenters. The molecule has 0 aromatic heterocycles. The first-order valence-corrected chi connectivity index (χ1v) is 8.59. The van der Waals surface area contributed by atoms with Gasteiger partial charge in [0.05, 0.1) is 0 Å². The SMILES string of the molecule is O=C(CCC(=O)N1CCc2cc(Br)ccc21)c1ccc(Cl)cc1. The maximum absolute atomic E-state index is 12.4. The van der Waals surface area contributed by atoms with Crippen molar-refractivity contribution in [2.45, 2.75) is 19.3 Å². The van der Waals surface area contributed by atoms with Crippen LogP contribution in [-0.2, 0) is 11.2 Å². The lowest BCUT2D eigenvalue weighted by Crippen LogP contribution is -2.29. The molecule has 118 valence electrons. The zero-order chi connectivity index (χ0) is 16.4. The van der Waals surface area contributed by atoms with Crippen LogP contribution in [0.2, 0.25) is 5.02 Å². The molecule has 1 amide bonds. The molecule has 0 saturated heterocycles. The van der Waals surface area contributed by atoms with E-state index in [-0.39, 0.29) is 24.5 Å². The molecular weight excluding hydrogens is 378 g/mol. The van der Waals surface area contributed by atoms with Crippen molar-refractivity contribution in [2.24, 2.45) is 0 Å². The lowest BCUT2D eigenvalue weighted by atomic mass is 10.1. The number of halogens is 2. The van der Waals surface area contributed by atoms with Crippen LogP contribution < -0.4 is 4.90 Å². The van der Waals surface area contributed by atoms with Crippen LogP contribution in [-0.4, -0.2) is 18.2 Å². The molecule has 0 radical (unpaired) electrons. The molecule has 2 aromatic carbocycles. The first kappa shape index (κ1) is 16.2. The Hall–Kier alpha value is -1.65. The lowest BCUT2D eigenvalue weighted by molar-refractivity contribution is -0.118. The largest absolute Gasteiger partial charge is 0.312 e. The molecule has 0 aliphatic carbocycles. The molecular formula is C18H15BrClNO2. The second-order valence-electron chi connectivity index (χ2n) is 5.50. The minimum atomic E-state index is -0.0368. The highest BCUT2D eigenvalue weighted by Crippen LogP contribution is 2.31. The van der Waals surface area contributed by atoms with Gasteiger partial charge < -0.3 is 4.90 Å². The van der Waals surface area contributed by atoms with E-state index in [1.807, 2.05) is 18.2 Å². The van der Waals surface area contributed by atoms with Crippen molar-refractivity contribution >= 4 is 44.9 Å². The molecule has 0 spiro atoms. The van der Waals surface area contributed by atoms with Crippen molar-refractivity contribution in [2.75, 3.05) is 11.4 Å². The molecule has 0 atom stereocenters. The van der Waals surface area contributed by atoms with Crippen LogP contribution in [0.4, 0.5) is 5.69 Å². The standard InChI is InChI=1S/C18H15BrClNO2/c19-14-3-6-16-13(11-14)9-10-21(16)18(23)8-7-17(22)12-1-4-15(20)5-2-12/h1-6,11H,7-10H2. The summed E-state index contributed by atoms with van der Waals surface area (Å²) in [5.74, 6) is -0.0429. The normalized spacial score (nSPS) is 13.0. The molecule has 0 fully saturated rings. The summed E-state index contributed by atoms with van der Waals surface area (Å²) in [6, 6.07) is 12.7. The number of amides is 1. The Morgan fingerprint density at radius 1 is 1.09 bits per heavy atom. The third kappa shape index (κ3) is 3.65. The monoisotopic (exact) mass is 391 g/mol. The first-order chi connectivity index (χ1) is 11.0. The van der Waals surface area contributed by atoms with Crippen molar-refractivity contribution in [3.05, 3.63) is 63.1 Å². The van der Waals surface area contributed by atoms with Gasteiger partial charge in [0.25, 0.3) is 0 Å². The Balaban J connectivity index is 1.63. The number of carbonyl (C=O) groups is 2. The molecule has 5 heteroatoms. The van der Waals surface area contributed by atoms with E-state index < -0.39 is 0 Å². The van der Waals surface area contributed by atoms with E-state index in [2.05, 4.69) is 15.9 Å². The number of carbonyl (C=O) groups excluding carboxylic acids is 2. The van der Waals surface area contributed by atoms with Crippen LogP contribution in [0, 0.1) is 0 Å². The van der Waals surface area contributed by atoms with Gasteiger partial charge in [0.15, 0.2) is 5.78 Å². The van der Waals surface area contributed by atoms with E-state index in [1.165, 1.54) is 0 Å². The molecule has 1 aliphatic rings. The third-order valence-corrected chi connectivity index (χ3v) is 4.72. The Morgan fingerprint density at radius 3 is 2.57 bits per heavy atom. The highest BCUT2D eigenvalue weighted by atomic mass is 79.9. The summed E-state index contributed by atoms with van der Waals surface area (Å²) in [7, 11) is 0. The molecule has 2 aromatic rings. The second-order valence-corrected chi connectivity index (χ2v) is 6.85. The van der Waals surface area contributed by atoms with Crippen LogP contribution in [0.1, 0.15) is 28.8 Å². The van der Waals surface area contributed by atoms with Crippen molar-refractivity contribution in [3.8, 4) is 0 Å². The Labute approximate surface area is 148 Å². The number of anilines is 1. The van der Waals surface area contributed by atoms with Crippen molar-refractivity contribution < 1.29 is 9.59 Å². The minimum absolute atomic E-state index is 0.00612. The fourth-order valence-electron chi connectivity index (χ4n) is 2.76. The molecule has 3 nitrogen and oxygen atoms in total. The fourth-order valence-corrected chi connectivity index (χ4v) is 3.30. The van der Waals surface area contributed by atoms with Gasteiger partial charge in [0, 0.05) is 40.1 Å². The molecule has 3 rings (SSSR count). The average molecular weight is 393 g/mol. The van der Waals surface area contributed by atoms with E-state index in [0.717, 1.165) is 22.1 Å². The third-order valence-electron chi connectivity index (χ3n) is 3.97. The van der Waals surface area contributed by atoms with Crippen molar-refractivity contribution in [3.63, 3.8) is 0 Å². The Bertz CT molecular complexity index is 758. The first-order valence-electron chi connectivity index (χ1n) is 7.42. The van der Waals surface area contributed by atoms with Crippen LogP contribution in [0.3, 0.4) is 0 Å². The number of hydrogen-bond acceptors (Lipinski definition) is 2. The lowest BCUT2D eigenvalue weighted by Gasteiger charge is -2.17. The molecule has 1 aliphatic heterocycles. The minimum Gasteiger partial charge on any atom is -0.312 e. The Morgan fingerprint density at radius 2 is 1.83 bits per heavy atom. The molecule has 0 saturated carbocycles. The highest BCUT2D eigenvalue weighted by Gasteiger charge is 2.24. The number of benzene rings is 2. The predicted molar refractivity (Wildman–Crippen MR) is 95.2 cm³/mol. The predicted octanol–water partition coefficient (Wildman–Crippen LogP) is 4.65. The number of hydrogen-bond donors (Lipinski definition) is 0. The number of ketones is 1. The van der Waals surface area contributed by atoms with Crippen molar-refractivity contribution in [1.29, 1.82) is 0 Å². The quantitative estimate of drug-likeness (QED) is 0.710. The Kier molecular flexibility index (Phi) is 4.83. The van der Waals surface area contributed by atoms with Gasteiger partial charge in [-0.2, -0.15) is 0 Å². The molecule has 0 N–H and O–H groups in total. The van der Waals surface area contributed by atoms with Gasteiger partial charge in [-0.25, -0.2) is 0 Å². The fraction of sp³-hybridized carbons (Fsp3) is 0.222. The number of nitrogens with zero attached hydrogens (tertiary/aromatic N) is 1. The van der Waals surface area contributed by atoms with Gasteiger partial charge >= 0.3 is 0 Å². The summed E-state index contributed by atoms with van der Waals surface area (Å²) in [5, 5.41) is 0.595. The van der Waals surface area contributed by atoms with Gasteiger partial charge in [0.1, 0.15) is 0 Å². The zero-order valence-corrected chi connectivity index (χ0v) is 14.7. The maximum atomic E-state index is 12.4. The smallest absolute Gasteiger partial charge is 0.227 e. The van der Waals surface area contributed by atoms with Crippen LogP contribution in [0.25, 0.3) is 0 Å². The molecule has 1 heterocycles. The van der Waals surface area contributed by atoms with Crippen LogP contribution in [0.15, 0.2) is 46.9 Å². The molecule has 0 bridgehead atoms. The van der Waals surface area contributed by atoms with Gasteiger partial charge in [-0.05, 0) is 54.4 Å². The summed E-state index contributed by atoms with van der Waals surface area (Å²) in [6.45, 7) is 0.680. The van der Waals surface area contributed by atoms with Crippen LogP contribution in [0.5, 0.6) is 0 Å². The topological polar surface area (TPSA) is 37.4 Å². The summed E-state index contributed by atoms with van der Waals surface area (Å²) in [4.78, 5) is 26.3. The molecule has 23 heavy (non-hydrogen) atoms. The summed E-state index contributed by atoms with van der Waals surface area (Å²) in [5.41, 5.74) is 2.71. The highest BCUT2D eigenvalue weighted by molar-refractivity contribution is 9.10. The second kappa shape index (κ2) is 6.85. The van der Waals surface area contributed by atoms with E-state index in [9.17, 15) is 9.59 Å². The van der Waals surface area contributed by atoms with E-state index in [0.29, 0.717) is 17.1 Å². The summed E-state index contributed by atoms with van der Waals surface area (Å²) in [6.07, 6.45) is 1.28. The van der Waals surface area contributed by atoms with Crippen molar-refractivity contribution in [1.82, 2.24) is 0 Å². The number of Topliss-reactive ketones (excluding diaryl/α,β-unsaturated/α-hetero) is 1. The van der Waals surface area contributed by atoms with Gasteiger partial charge in [-0.3, -0.25) is 9.59 Å². The number of rotatable bonds is 4. The summed E-state index contributed by atoms with van der Waals surface area (Å²) >= 11 is 9.26. The van der Waals surface area contributed by atoms with E-state index in [1.54, 1.807) is 29.2 Å². The van der Waals surface area contributed by atoms with Gasteiger partial charge in [0.2, 0.25) is 5.91 Å². The van der Waals surface area contributed by atoms with Gasteiger partial charge in [-0.15, -0.1) is 0 Å². The van der Waals surface area contributed by atoms with E-state index in [4.69, 9.17) is 11.6 Å². The maximum Gasteiger partial charge on any atom is 0.227 e. The number of fused-ring (bicyclic) bond motifs is 1.